The Balaban J connectivity index is 1.47. The summed E-state index contributed by atoms with van der Waals surface area (Å²) in [6.07, 6.45) is 11.2. The molecule has 108 valence electrons. The van der Waals surface area contributed by atoms with E-state index in [9.17, 15) is 4.79 Å². The van der Waals surface area contributed by atoms with Crippen molar-refractivity contribution in [1.82, 2.24) is 5.32 Å². The van der Waals surface area contributed by atoms with Crippen molar-refractivity contribution in [3.63, 3.8) is 0 Å². The van der Waals surface area contributed by atoms with Crippen LogP contribution in [-0.4, -0.2) is 18.5 Å². The summed E-state index contributed by atoms with van der Waals surface area (Å²) in [7, 11) is 0. The van der Waals surface area contributed by atoms with Gasteiger partial charge in [-0.25, -0.2) is 0 Å². The topological polar surface area (TPSA) is 55.1 Å². The summed E-state index contributed by atoms with van der Waals surface area (Å²) in [6.45, 7) is 0.906. The minimum atomic E-state index is 0.0705. The molecule has 3 saturated carbocycles. The van der Waals surface area contributed by atoms with E-state index in [1.165, 1.54) is 44.9 Å². The summed E-state index contributed by atoms with van der Waals surface area (Å²) >= 11 is 0. The molecule has 3 N–H and O–H groups in total. The van der Waals surface area contributed by atoms with Gasteiger partial charge in [0.2, 0.25) is 5.91 Å². The molecule has 19 heavy (non-hydrogen) atoms. The molecular weight excluding hydrogens is 236 g/mol. The van der Waals surface area contributed by atoms with E-state index < -0.39 is 0 Å². The fraction of sp³-hybridized carbons (Fsp3) is 0.938. The summed E-state index contributed by atoms with van der Waals surface area (Å²) < 4.78 is 0. The Kier molecular flexibility index (Phi) is 4.11. The number of fused-ring (bicyclic) bond motifs is 2. The molecule has 5 unspecified atom stereocenters. The highest BCUT2D eigenvalue weighted by Gasteiger charge is 2.39. The number of rotatable bonds is 3. The predicted molar refractivity (Wildman–Crippen MR) is 76.5 cm³/mol. The van der Waals surface area contributed by atoms with Crippen LogP contribution in [-0.2, 0) is 4.79 Å². The molecule has 2 bridgehead atoms. The summed E-state index contributed by atoms with van der Waals surface area (Å²) in [5.74, 6) is 2.92. The van der Waals surface area contributed by atoms with Crippen LogP contribution < -0.4 is 11.1 Å². The second-order valence-electron chi connectivity index (χ2n) is 7.09. The van der Waals surface area contributed by atoms with E-state index in [2.05, 4.69) is 5.32 Å². The summed E-state index contributed by atoms with van der Waals surface area (Å²) in [4.78, 5) is 12.3. The van der Waals surface area contributed by atoms with Gasteiger partial charge in [0.05, 0.1) is 5.92 Å². The molecule has 0 spiro atoms. The van der Waals surface area contributed by atoms with Crippen molar-refractivity contribution in [3.8, 4) is 0 Å². The zero-order chi connectivity index (χ0) is 13.2. The zero-order valence-electron chi connectivity index (χ0n) is 11.9. The minimum absolute atomic E-state index is 0.0705. The summed E-state index contributed by atoms with van der Waals surface area (Å²) in [5, 5.41) is 3.22. The van der Waals surface area contributed by atoms with Crippen LogP contribution in [0.1, 0.15) is 57.8 Å². The van der Waals surface area contributed by atoms with Crippen molar-refractivity contribution in [1.29, 1.82) is 0 Å². The van der Waals surface area contributed by atoms with Gasteiger partial charge in [-0.3, -0.25) is 4.79 Å². The van der Waals surface area contributed by atoms with Gasteiger partial charge >= 0.3 is 0 Å². The molecule has 3 nitrogen and oxygen atoms in total. The van der Waals surface area contributed by atoms with Crippen LogP contribution in [0.5, 0.6) is 0 Å². The number of nitrogens with one attached hydrogen (secondary N) is 1. The lowest BCUT2D eigenvalue weighted by atomic mass is 9.88. The fourth-order valence-electron chi connectivity index (χ4n) is 4.65. The third-order valence-corrected chi connectivity index (χ3v) is 5.83. The van der Waals surface area contributed by atoms with E-state index in [-0.39, 0.29) is 17.9 Å². The molecule has 0 aromatic heterocycles. The Hall–Kier alpha value is -0.570. The van der Waals surface area contributed by atoms with Gasteiger partial charge in [0.1, 0.15) is 0 Å². The van der Waals surface area contributed by atoms with Crippen LogP contribution in [0.25, 0.3) is 0 Å². The van der Waals surface area contributed by atoms with Gasteiger partial charge in [0, 0.05) is 12.6 Å². The van der Waals surface area contributed by atoms with Crippen LogP contribution in [0, 0.1) is 23.7 Å². The second kappa shape index (κ2) is 5.82. The van der Waals surface area contributed by atoms with Gasteiger partial charge < -0.3 is 11.1 Å². The van der Waals surface area contributed by atoms with Gasteiger partial charge in [-0.05, 0) is 49.9 Å². The van der Waals surface area contributed by atoms with E-state index in [4.69, 9.17) is 5.73 Å². The summed E-state index contributed by atoms with van der Waals surface area (Å²) in [5.41, 5.74) is 6.16. The normalized spacial score (nSPS) is 42.1. The zero-order valence-corrected chi connectivity index (χ0v) is 11.9. The van der Waals surface area contributed by atoms with Crippen LogP contribution in [0.3, 0.4) is 0 Å². The first kappa shape index (κ1) is 13.4. The Morgan fingerprint density at radius 2 is 1.89 bits per heavy atom. The average Bonchev–Trinajstić information content (AvgIpc) is 2.96. The van der Waals surface area contributed by atoms with Crippen LogP contribution in [0.2, 0.25) is 0 Å². The van der Waals surface area contributed by atoms with Crippen molar-refractivity contribution in [2.24, 2.45) is 29.4 Å². The molecule has 0 radical (unpaired) electrons. The molecule has 5 atom stereocenters. The molecule has 0 aromatic carbocycles. The number of hydrogen-bond donors (Lipinski definition) is 2. The first-order valence-corrected chi connectivity index (χ1v) is 8.27. The molecule has 1 amide bonds. The Morgan fingerprint density at radius 3 is 2.63 bits per heavy atom. The van der Waals surface area contributed by atoms with Crippen molar-refractivity contribution in [2.75, 3.05) is 6.54 Å². The third-order valence-electron chi connectivity index (χ3n) is 5.83. The van der Waals surface area contributed by atoms with Crippen molar-refractivity contribution >= 4 is 5.91 Å². The second-order valence-corrected chi connectivity index (χ2v) is 7.09. The number of hydrogen-bond acceptors (Lipinski definition) is 2. The SMILES string of the molecule is NC1CCCCCC1C(=O)NCC1CC2CCC1C2. The van der Waals surface area contributed by atoms with Gasteiger partial charge in [0.25, 0.3) is 0 Å². The molecule has 0 heterocycles. The lowest BCUT2D eigenvalue weighted by molar-refractivity contribution is -0.126. The van der Waals surface area contributed by atoms with Gasteiger partial charge in [0.15, 0.2) is 0 Å². The monoisotopic (exact) mass is 264 g/mol. The van der Waals surface area contributed by atoms with Crippen molar-refractivity contribution in [3.05, 3.63) is 0 Å². The molecule has 3 fully saturated rings. The summed E-state index contributed by atoms with van der Waals surface area (Å²) in [6, 6.07) is 0.0857. The number of carbonyl (C=O) groups excluding carboxylic acids is 1. The maximum Gasteiger partial charge on any atom is 0.224 e. The molecule has 0 aromatic rings. The molecule has 3 rings (SSSR count). The Labute approximate surface area is 116 Å². The quantitative estimate of drug-likeness (QED) is 0.769. The van der Waals surface area contributed by atoms with Gasteiger partial charge in [-0.2, -0.15) is 0 Å². The van der Waals surface area contributed by atoms with Crippen molar-refractivity contribution in [2.45, 2.75) is 63.8 Å². The first-order chi connectivity index (χ1) is 9.24. The van der Waals surface area contributed by atoms with E-state index in [0.717, 1.165) is 37.1 Å². The van der Waals surface area contributed by atoms with Crippen LogP contribution >= 0.6 is 0 Å². The minimum Gasteiger partial charge on any atom is -0.356 e. The van der Waals surface area contributed by atoms with E-state index >= 15 is 0 Å². The highest BCUT2D eigenvalue weighted by molar-refractivity contribution is 5.79. The standard InChI is InChI=1S/C16H28N2O/c17-15-5-3-1-2-4-14(15)16(19)18-10-13-9-11-6-7-12(13)8-11/h11-15H,1-10,17H2,(H,18,19). The molecule has 0 aliphatic heterocycles. The molecular formula is C16H28N2O. The molecule has 0 saturated heterocycles. The van der Waals surface area contributed by atoms with Gasteiger partial charge in [-0.1, -0.05) is 25.7 Å². The number of carbonyl (C=O) groups is 1. The maximum absolute atomic E-state index is 12.3. The average molecular weight is 264 g/mol. The lowest BCUT2D eigenvalue weighted by Gasteiger charge is -2.25. The van der Waals surface area contributed by atoms with Crippen molar-refractivity contribution < 1.29 is 4.79 Å². The molecule has 3 heteroatoms. The largest absolute Gasteiger partial charge is 0.356 e. The Bertz CT molecular complexity index is 331. The van der Waals surface area contributed by atoms with E-state index in [1.54, 1.807) is 0 Å². The van der Waals surface area contributed by atoms with E-state index in [0.29, 0.717) is 0 Å². The third kappa shape index (κ3) is 2.96. The predicted octanol–water partition coefficient (Wildman–Crippen LogP) is 2.45. The van der Waals surface area contributed by atoms with Crippen LogP contribution in [0.4, 0.5) is 0 Å². The Morgan fingerprint density at radius 1 is 1.05 bits per heavy atom. The van der Waals surface area contributed by atoms with Crippen LogP contribution in [0.15, 0.2) is 0 Å². The maximum atomic E-state index is 12.3. The molecule has 3 aliphatic rings. The van der Waals surface area contributed by atoms with Gasteiger partial charge in [-0.15, -0.1) is 0 Å². The number of amides is 1. The highest BCUT2D eigenvalue weighted by Crippen LogP contribution is 2.47. The lowest BCUT2D eigenvalue weighted by Crippen LogP contribution is -2.43. The first-order valence-electron chi connectivity index (χ1n) is 8.27. The fourth-order valence-corrected chi connectivity index (χ4v) is 4.65. The molecule has 3 aliphatic carbocycles. The smallest absolute Gasteiger partial charge is 0.224 e. The number of nitrogens with two attached hydrogens (primary N) is 1. The van der Waals surface area contributed by atoms with E-state index in [1.807, 2.05) is 0 Å². The highest BCUT2D eigenvalue weighted by atomic mass is 16.1.